The second-order valence-electron chi connectivity index (χ2n) is 9.29. The lowest BCUT2D eigenvalue weighted by Crippen LogP contribution is -2.46. The summed E-state index contributed by atoms with van der Waals surface area (Å²) in [6.45, 7) is 16.5. The molecule has 0 heterocycles. The van der Waals surface area contributed by atoms with E-state index in [9.17, 15) is 9.36 Å². The average Bonchev–Trinajstić information content (AvgIpc) is 2.51. The van der Waals surface area contributed by atoms with Crippen LogP contribution in [0.3, 0.4) is 0 Å². The molecule has 3 nitrogen and oxygen atoms in total. The van der Waals surface area contributed by atoms with E-state index < -0.39 is 23.8 Å². The maximum absolute atomic E-state index is 14.4. The van der Waals surface area contributed by atoms with Crippen molar-refractivity contribution in [3.63, 3.8) is 0 Å². The summed E-state index contributed by atoms with van der Waals surface area (Å²) in [5.41, 5.74) is 3.27. The molecule has 0 aromatic heterocycles. The van der Waals surface area contributed by atoms with Gasteiger partial charge in [-0.25, -0.2) is 0 Å². The second-order valence-corrected chi connectivity index (χ2v) is 21.5. The van der Waals surface area contributed by atoms with E-state index in [2.05, 4.69) is 32.7 Å². The van der Waals surface area contributed by atoms with Crippen LogP contribution in [0.5, 0.6) is 0 Å². The zero-order valence-electron chi connectivity index (χ0n) is 18.4. The Morgan fingerprint density at radius 3 is 1.89 bits per heavy atom. The van der Waals surface area contributed by atoms with Gasteiger partial charge in [0.05, 0.1) is 0 Å². The third-order valence-electron chi connectivity index (χ3n) is 4.58. The second kappa shape index (κ2) is 8.23. The third kappa shape index (κ3) is 5.41. The van der Waals surface area contributed by atoms with Gasteiger partial charge in [-0.15, -0.1) is 0 Å². The van der Waals surface area contributed by atoms with Crippen LogP contribution in [0, 0.1) is 20.8 Å². The van der Waals surface area contributed by atoms with Gasteiger partial charge in [-0.3, -0.25) is 4.79 Å². The lowest BCUT2D eigenvalue weighted by atomic mass is 10.0. The number of aryl methyl sites for hydroxylation is 3. The molecule has 0 amide bonds. The molecule has 2 aromatic carbocycles. The predicted octanol–water partition coefficient (Wildman–Crippen LogP) is 6.04. The van der Waals surface area contributed by atoms with Crippen LogP contribution in [0.2, 0.25) is 32.7 Å². The minimum Gasteiger partial charge on any atom is -0.455 e. The molecule has 1 atom stereocenters. The molecule has 152 valence electrons. The van der Waals surface area contributed by atoms with Crippen molar-refractivity contribution in [2.75, 3.05) is 5.79 Å². The van der Waals surface area contributed by atoms with Crippen molar-refractivity contribution < 1.29 is 13.5 Å². The number of benzene rings is 2. The van der Waals surface area contributed by atoms with Crippen molar-refractivity contribution in [3.8, 4) is 0 Å². The summed E-state index contributed by atoms with van der Waals surface area (Å²) in [5, 5.41) is 0.638. The Hall–Kier alpha value is -1.27. The van der Waals surface area contributed by atoms with Crippen molar-refractivity contribution in [3.05, 3.63) is 64.7 Å². The van der Waals surface area contributed by atoms with Gasteiger partial charge in [0.2, 0.25) is 5.52 Å². The number of rotatable bonds is 7. The number of carbonyl (C=O) groups excluding carboxylic acids is 1. The first kappa shape index (κ1) is 23.0. The molecule has 0 saturated carbocycles. The standard InChI is InChI=1S/C22H33O3PSi2/c1-17-14-18(2)21(19(3)15-17)22(23)26(24,20-12-10-9-11-13-20)16-28(7,8)25-27(4,5)6/h9-15H,16H2,1-8H3. The smallest absolute Gasteiger partial charge is 0.226 e. The van der Waals surface area contributed by atoms with Crippen molar-refractivity contribution in [1.29, 1.82) is 0 Å². The van der Waals surface area contributed by atoms with Crippen LogP contribution in [-0.4, -0.2) is 27.9 Å². The molecule has 2 aromatic rings. The molecule has 0 aliphatic carbocycles. The van der Waals surface area contributed by atoms with Crippen LogP contribution < -0.4 is 5.30 Å². The van der Waals surface area contributed by atoms with E-state index in [0.29, 0.717) is 16.7 Å². The van der Waals surface area contributed by atoms with Gasteiger partial charge in [0.15, 0.2) is 23.8 Å². The molecule has 0 aliphatic rings. The highest BCUT2D eigenvalue weighted by Crippen LogP contribution is 2.51. The van der Waals surface area contributed by atoms with Gasteiger partial charge in [0.25, 0.3) is 0 Å². The first-order valence-corrected chi connectivity index (χ1v) is 18.1. The molecule has 0 radical (unpaired) electrons. The molecule has 0 bridgehead atoms. The number of carbonyl (C=O) groups is 1. The highest BCUT2D eigenvalue weighted by molar-refractivity contribution is 7.89. The molecule has 2 rings (SSSR count). The van der Waals surface area contributed by atoms with E-state index in [1.807, 2.05) is 63.2 Å². The van der Waals surface area contributed by atoms with E-state index in [0.717, 1.165) is 16.7 Å². The lowest BCUT2D eigenvalue weighted by Gasteiger charge is -2.34. The quantitative estimate of drug-likeness (QED) is 0.396. The Morgan fingerprint density at radius 1 is 0.929 bits per heavy atom. The molecule has 0 aliphatic heterocycles. The van der Waals surface area contributed by atoms with Gasteiger partial charge in [-0.1, -0.05) is 48.0 Å². The van der Waals surface area contributed by atoms with E-state index in [-0.39, 0.29) is 5.52 Å². The molecule has 0 spiro atoms. The van der Waals surface area contributed by atoms with Gasteiger partial charge in [-0.05, 0) is 64.6 Å². The molecule has 0 fully saturated rings. The summed E-state index contributed by atoms with van der Waals surface area (Å²) < 4.78 is 20.9. The third-order valence-corrected chi connectivity index (χ3v) is 16.1. The Bertz CT molecular complexity index is 892. The Kier molecular flexibility index (Phi) is 6.77. The van der Waals surface area contributed by atoms with Crippen LogP contribution >= 0.6 is 7.14 Å². The lowest BCUT2D eigenvalue weighted by molar-refractivity contribution is 0.107. The molecule has 28 heavy (non-hydrogen) atoms. The number of hydrogen-bond acceptors (Lipinski definition) is 3. The summed E-state index contributed by atoms with van der Waals surface area (Å²) in [7, 11) is -7.47. The zero-order chi connectivity index (χ0) is 21.3. The fourth-order valence-corrected chi connectivity index (χ4v) is 18.7. The fraction of sp³-hybridized carbons (Fsp3) is 0.409. The van der Waals surface area contributed by atoms with Crippen molar-refractivity contribution in [2.45, 2.75) is 53.5 Å². The highest BCUT2D eigenvalue weighted by atomic mass is 31.2. The Balaban J connectivity index is 2.61. The first-order chi connectivity index (χ1) is 12.8. The minimum atomic E-state index is -3.34. The first-order valence-electron chi connectivity index (χ1n) is 9.73. The summed E-state index contributed by atoms with van der Waals surface area (Å²) in [6, 6.07) is 13.3. The van der Waals surface area contributed by atoms with Crippen molar-refractivity contribution in [1.82, 2.24) is 0 Å². The van der Waals surface area contributed by atoms with Crippen LogP contribution in [0.1, 0.15) is 27.0 Å². The van der Waals surface area contributed by atoms with E-state index >= 15 is 0 Å². The van der Waals surface area contributed by atoms with Gasteiger partial charge >= 0.3 is 0 Å². The van der Waals surface area contributed by atoms with Crippen LogP contribution in [0.4, 0.5) is 0 Å². The monoisotopic (exact) mass is 432 g/mol. The molecular formula is C22H33O3PSi2. The van der Waals surface area contributed by atoms with Crippen molar-refractivity contribution in [2.24, 2.45) is 0 Å². The number of hydrogen-bond donors (Lipinski definition) is 0. The Morgan fingerprint density at radius 2 is 1.43 bits per heavy atom. The van der Waals surface area contributed by atoms with E-state index in [1.54, 1.807) is 0 Å². The fourth-order valence-electron chi connectivity index (χ4n) is 4.04. The molecule has 0 N–H and O–H groups in total. The average molecular weight is 433 g/mol. The highest BCUT2D eigenvalue weighted by Gasteiger charge is 2.44. The van der Waals surface area contributed by atoms with Crippen LogP contribution in [-0.2, 0) is 8.68 Å². The Labute approximate surface area is 172 Å². The summed E-state index contributed by atoms with van der Waals surface area (Å²) in [6.07, 6.45) is 0. The summed E-state index contributed by atoms with van der Waals surface area (Å²) in [5.74, 6) is 0.333. The minimum absolute atomic E-state index is 0.228. The normalized spacial score (nSPS) is 14.6. The maximum atomic E-state index is 14.4. The van der Waals surface area contributed by atoms with Gasteiger partial charge in [0.1, 0.15) is 0 Å². The van der Waals surface area contributed by atoms with Crippen LogP contribution in [0.15, 0.2) is 42.5 Å². The van der Waals surface area contributed by atoms with Gasteiger partial charge in [-0.2, -0.15) is 0 Å². The summed E-state index contributed by atoms with van der Waals surface area (Å²) >= 11 is 0. The predicted molar refractivity (Wildman–Crippen MR) is 125 cm³/mol. The topological polar surface area (TPSA) is 43.4 Å². The van der Waals surface area contributed by atoms with Gasteiger partial charge in [0, 0.05) is 16.7 Å². The van der Waals surface area contributed by atoms with Crippen molar-refractivity contribution >= 4 is 34.6 Å². The van der Waals surface area contributed by atoms with E-state index in [1.165, 1.54) is 0 Å². The molecular weight excluding hydrogens is 399 g/mol. The molecule has 1 unspecified atom stereocenters. The van der Waals surface area contributed by atoms with Gasteiger partial charge < -0.3 is 8.68 Å². The van der Waals surface area contributed by atoms with Crippen LogP contribution in [0.25, 0.3) is 0 Å². The zero-order valence-corrected chi connectivity index (χ0v) is 21.3. The maximum Gasteiger partial charge on any atom is 0.226 e. The summed E-state index contributed by atoms with van der Waals surface area (Å²) in [4.78, 5) is 13.8. The molecule has 6 heteroatoms. The molecule has 0 saturated heterocycles. The largest absolute Gasteiger partial charge is 0.455 e. The van der Waals surface area contributed by atoms with E-state index in [4.69, 9.17) is 4.12 Å². The SMILES string of the molecule is Cc1cc(C)c(C(=O)P(=O)(C[Si](C)(C)O[Si](C)(C)C)c2ccccc2)c(C)c1.